The average molecular weight is 178 g/mol. The van der Waals surface area contributed by atoms with Crippen molar-refractivity contribution in [2.24, 2.45) is 0 Å². The van der Waals surface area contributed by atoms with E-state index in [1.807, 2.05) is 31.2 Å². The van der Waals surface area contributed by atoms with Crippen molar-refractivity contribution in [1.82, 2.24) is 5.32 Å². The normalized spacial score (nSPS) is 9.69. The van der Waals surface area contributed by atoms with E-state index in [0.717, 1.165) is 11.3 Å². The Morgan fingerprint density at radius 2 is 2.23 bits per heavy atom. The molecule has 1 aromatic carbocycles. The summed E-state index contributed by atoms with van der Waals surface area (Å²) in [5.41, 5.74) is 1.99. The summed E-state index contributed by atoms with van der Waals surface area (Å²) in [6, 6.07) is 7.73. The minimum Gasteiger partial charge on any atom is -0.325 e. The predicted molar refractivity (Wildman–Crippen MR) is 53.7 cm³/mol. The fourth-order valence-electron chi connectivity index (χ4n) is 1.09. The Hall–Kier alpha value is -1.35. The minimum atomic E-state index is -0.0203. The molecule has 0 saturated carbocycles. The fourth-order valence-corrected chi connectivity index (χ4v) is 1.09. The maximum atomic E-state index is 11.2. The number of rotatable bonds is 3. The van der Waals surface area contributed by atoms with Gasteiger partial charge in [0.1, 0.15) is 0 Å². The molecule has 0 aliphatic heterocycles. The van der Waals surface area contributed by atoms with E-state index in [1.165, 1.54) is 0 Å². The molecule has 2 N–H and O–H groups in total. The van der Waals surface area contributed by atoms with Crippen LogP contribution in [0.25, 0.3) is 0 Å². The van der Waals surface area contributed by atoms with Crippen molar-refractivity contribution in [2.75, 3.05) is 18.9 Å². The summed E-state index contributed by atoms with van der Waals surface area (Å²) in [6.07, 6.45) is 0. The van der Waals surface area contributed by atoms with Gasteiger partial charge in [-0.2, -0.15) is 0 Å². The van der Waals surface area contributed by atoms with Crippen molar-refractivity contribution in [3.63, 3.8) is 0 Å². The average Bonchev–Trinajstić information content (AvgIpc) is 2.04. The van der Waals surface area contributed by atoms with Crippen molar-refractivity contribution in [3.8, 4) is 0 Å². The Morgan fingerprint density at radius 3 is 2.85 bits per heavy atom. The summed E-state index contributed by atoms with van der Waals surface area (Å²) in [6.45, 7) is 2.33. The zero-order valence-electron chi connectivity index (χ0n) is 7.92. The Labute approximate surface area is 78.2 Å². The molecule has 3 heteroatoms. The number of nitrogens with one attached hydrogen (secondary N) is 2. The summed E-state index contributed by atoms with van der Waals surface area (Å²) in [5, 5.41) is 5.57. The molecule has 0 aliphatic rings. The first kappa shape index (κ1) is 9.74. The van der Waals surface area contributed by atoms with Gasteiger partial charge in [0.05, 0.1) is 6.54 Å². The molecule has 1 amide bonds. The zero-order chi connectivity index (χ0) is 9.68. The van der Waals surface area contributed by atoms with Crippen LogP contribution in [0.2, 0.25) is 0 Å². The lowest BCUT2D eigenvalue weighted by molar-refractivity contribution is -0.115. The van der Waals surface area contributed by atoms with E-state index in [1.54, 1.807) is 7.05 Å². The molecule has 0 atom stereocenters. The number of benzene rings is 1. The first-order chi connectivity index (χ1) is 6.22. The molecule has 1 aromatic rings. The van der Waals surface area contributed by atoms with Gasteiger partial charge in [-0.05, 0) is 31.7 Å². The number of aryl methyl sites for hydroxylation is 1. The number of amides is 1. The SMILES string of the molecule is CNCC(=O)Nc1cccc(C)c1. The lowest BCUT2D eigenvalue weighted by Gasteiger charge is -2.04. The lowest BCUT2D eigenvalue weighted by atomic mass is 10.2. The van der Waals surface area contributed by atoms with E-state index < -0.39 is 0 Å². The summed E-state index contributed by atoms with van der Waals surface area (Å²) < 4.78 is 0. The number of carbonyl (C=O) groups excluding carboxylic acids is 1. The van der Waals surface area contributed by atoms with Crippen molar-refractivity contribution < 1.29 is 4.79 Å². The molecule has 13 heavy (non-hydrogen) atoms. The second-order valence-electron chi connectivity index (χ2n) is 2.95. The zero-order valence-corrected chi connectivity index (χ0v) is 7.92. The second-order valence-corrected chi connectivity index (χ2v) is 2.95. The van der Waals surface area contributed by atoms with Crippen LogP contribution in [0.5, 0.6) is 0 Å². The van der Waals surface area contributed by atoms with Crippen molar-refractivity contribution in [2.45, 2.75) is 6.92 Å². The third kappa shape index (κ3) is 3.25. The van der Waals surface area contributed by atoms with Crippen LogP contribution in [-0.4, -0.2) is 19.5 Å². The van der Waals surface area contributed by atoms with Crippen LogP contribution in [0.4, 0.5) is 5.69 Å². The molecule has 0 aromatic heterocycles. The first-order valence-electron chi connectivity index (χ1n) is 4.23. The molecule has 0 spiro atoms. The van der Waals surface area contributed by atoms with Crippen molar-refractivity contribution in [3.05, 3.63) is 29.8 Å². The van der Waals surface area contributed by atoms with Gasteiger partial charge in [-0.15, -0.1) is 0 Å². The molecule has 0 radical (unpaired) electrons. The quantitative estimate of drug-likeness (QED) is 0.729. The number of carbonyl (C=O) groups is 1. The van der Waals surface area contributed by atoms with E-state index in [9.17, 15) is 4.79 Å². The van der Waals surface area contributed by atoms with E-state index in [4.69, 9.17) is 0 Å². The third-order valence-corrected chi connectivity index (χ3v) is 1.64. The van der Waals surface area contributed by atoms with Gasteiger partial charge >= 0.3 is 0 Å². The van der Waals surface area contributed by atoms with Crippen LogP contribution in [0.15, 0.2) is 24.3 Å². The van der Waals surface area contributed by atoms with Gasteiger partial charge in [-0.1, -0.05) is 12.1 Å². The van der Waals surface area contributed by atoms with Gasteiger partial charge in [-0.3, -0.25) is 4.79 Å². The predicted octanol–water partition coefficient (Wildman–Crippen LogP) is 1.15. The Bertz CT molecular complexity index is 297. The minimum absolute atomic E-state index is 0.0203. The van der Waals surface area contributed by atoms with Crippen LogP contribution in [0, 0.1) is 6.92 Å². The highest BCUT2D eigenvalue weighted by molar-refractivity contribution is 5.92. The van der Waals surface area contributed by atoms with Gasteiger partial charge < -0.3 is 10.6 Å². The molecule has 0 aliphatic carbocycles. The molecule has 3 nitrogen and oxygen atoms in total. The number of hydrogen-bond acceptors (Lipinski definition) is 2. The Balaban J connectivity index is 2.58. The highest BCUT2D eigenvalue weighted by atomic mass is 16.1. The van der Waals surface area contributed by atoms with Crippen molar-refractivity contribution >= 4 is 11.6 Å². The fraction of sp³-hybridized carbons (Fsp3) is 0.300. The van der Waals surface area contributed by atoms with E-state index in [0.29, 0.717) is 6.54 Å². The van der Waals surface area contributed by atoms with Crippen LogP contribution < -0.4 is 10.6 Å². The maximum Gasteiger partial charge on any atom is 0.238 e. The molecule has 1 rings (SSSR count). The molecule has 0 unspecified atom stereocenters. The summed E-state index contributed by atoms with van der Waals surface area (Å²) in [4.78, 5) is 11.2. The standard InChI is InChI=1S/C10H14N2O/c1-8-4-3-5-9(6-8)12-10(13)7-11-2/h3-6,11H,7H2,1-2H3,(H,12,13). The largest absolute Gasteiger partial charge is 0.325 e. The maximum absolute atomic E-state index is 11.2. The highest BCUT2D eigenvalue weighted by Gasteiger charge is 1.99. The topological polar surface area (TPSA) is 41.1 Å². The monoisotopic (exact) mass is 178 g/mol. The molecule has 0 saturated heterocycles. The molecular formula is C10H14N2O. The van der Waals surface area contributed by atoms with Crippen molar-refractivity contribution in [1.29, 1.82) is 0 Å². The number of likely N-dealkylation sites (N-methyl/N-ethyl adjacent to an activating group) is 1. The van der Waals surface area contributed by atoms with Gasteiger partial charge in [0.2, 0.25) is 5.91 Å². The van der Waals surface area contributed by atoms with E-state index in [2.05, 4.69) is 10.6 Å². The van der Waals surface area contributed by atoms with Gasteiger partial charge in [0.15, 0.2) is 0 Å². The lowest BCUT2D eigenvalue weighted by Crippen LogP contribution is -2.24. The molecule has 70 valence electrons. The molecule has 0 heterocycles. The summed E-state index contributed by atoms with van der Waals surface area (Å²) >= 11 is 0. The van der Waals surface area contributed by atoms with Crippen LogP contribution >= 0.6 is 0 Å². The molecule has 0 fully saturated rings. The van der Waals surface area contributed by atoms with Crippen LogP contribution in [-0.2, 0) is 4.79 Å². The second kappa shape index (κ2) is 4.62. The smallest absolute Gasteiger partial charge is 0.238 e. The highest BCUT2D eigenvalue weighted by Crippen LogP contribution is 2.08. The molecular weight excluding hydrogens is 164 g/mol. The first-order valence-corrected chi connectivity index (χ1v) is 4.23. The third-order valence-electron chi connectivity index (χ3n) is 1.64. The van der Waals surface area contributed by atoms with Gasteiger partial charge in [0, 0.05) is 5.69 Å². The van der Waals surface area contributed by atoms with E-state index >= 15 is 0 Å². The summed E-state index contributed by atoms with van der Waals surface area (Å²) in [5.74, 6) is -0.0203. The van der Waals surface area contributed by atoms with Gasteiger partial charge in [-0.25, -0.2) is 0 Å². The van der Waals surface area contributed by atoms with Crippen LogP contribution in [0.1, 0.15) is 5.56 Å². The number of hydrogen-bond donors (Lipinski definition) is 2. The summed E-state index contributed by atoms with van der Waals surface area (Å²) in [7, 11) is 1.75. The molecule has 0 bridgehead atoms. The Kier molecular flexibility index (Phi) is 3.46. The van der Waals surface area contributed by atoms with E-state index in [-0.39, 0.29) is 5.91 Å². The van der Waals surface area contributed by atoms with Gasteiger partial charge in [0.25, 0.3) is 0 Å². The van der Waals surface area contributed by atoms with Crippen LogP contribution in [0.3, 0.4) is 0 Å². The Morgan fingerprint density at radius 1 is 1.46 bits per heavy atom. The number of anilines is 1.